The number of para-hydroxylation sites is 1. The van der Waals surface area contributed by atoms with Crippen LogP contribution in [0.15, 0.2) is 30.5 Å². The fraction of sp³-hybridized carbons (Fsp3) is 0.444. The second-order valence-electron chi connectivity index (χ2n) is 6.54. The molecule has 1 amide bonds. The first-order valence-corrected chi connectivity index (χ1v) is 9.32. The lowest BCUT2D eigenvalue weighted by atomic mass is 9.84. The van der Waals surface area contributed by atoms with Crippen molar-refractivity contribution in [3.8, 4) is 10.6 Å². The Morgan fingerprint density at radius 1 is 1.29 bits per heavy atom. The fourth-order valence-electron chi connectivity index (χ4n) is 3.76. The number of thiazole rings is 1. The van der Waals surface area contributed by atoms with Crippen LogP contribution in [0, 0.1) is 5.92 Å². The van der Waals surface area contributed by atoms with Crippen LogP contribution >= 0.6 is 11.3 Å². The van der Waals surface area contributed by atoms with Crippen molar-refractivity contribution in [2.45, 2.75) is 18.9 Å². The van der Waals surface area contributed by atoms with E-state index in [4.69, 9.17) is 0 Å². The van der Waals surface area contributed by atoms with E-state index in [0.717, 1.165) is 22.8 Å². The Labute approximate surface area is 146 Å². The van der Waals surface area contributed by atoms with E-state index in [1.54, 1.807) is 6.20 Å². The van der Waals surface area contributed by atoms with Gasteiger partial charge >= 0.3 is 0 Å². The van der Waals surface area contributed by atoms with Gasteiger partial charge in [-0.3, -0.25) is 4.79 Å². The molecule has 3 aliphatic heterocycles. The van der Waals surface area contributed by atoms with Crippen LogP contribution in [-0.2, 0) is 0 Å². The molecule has 3 aliphatic rings. The molecule has 2 N–H and O–H groups in total. The number of anilines is 1. The first-order valence-electron chi connectivity index (χ1n) is 8.51. The van der Waals surface area contributed by atoms with Crippen molar-refractivity contribution >= 4 is 22.9 Å². The van der Waals surface area contributed by atoms with Gasteiger partial charge in [-0.05, 0) is 44.0 Å². The van der Waals surface area contributed by atoms with Gasteiger partial charge in [0.2, 0.25) is 0 Å². The van der Waals surface area contributed by atoms with Crippen molar-refractivity contribution in [1.29, 1.82) is 0 Å². The van der Waals surface area contributed by atoms with Gasteiger partial charge in [0.05, 0.1) is 6.20 Å². The van der Waals surface area contributed by atoms with Gasteiger partial charge < -0.3 is 15.5 Å². The lowest BCUT2D eigenvalue weighted by Gasteiger charge is -2.44. The smallest absolute Gasteiger partial charge is 0.263 e. The number of amides is 1. The standard InChI is InChI=1S/C18H22N4OS/c1-19-14-5-3-2-4-13(14)18-20-10-16(24-18)17(23)21-15-11-22-8-6-12(15)7-9-22/h2-5,10,12,15,19H,6-9,11H2,1H3,(H,21,23). The number of benzene rings is 1. The second kappa shape index (κ2) is 6.53. The average molecular weight is 342 g/mol. The molecular formula is C18H22N4OS. The largest absolute Gasteiger partial charge is 0.388 e. The summed E-state index contributed by atoms with van der Waals surface area (Å²) in [5.41, 5.74) is 2.06. The molecule has 5 rings (SSSR count). The second-order valence-corrected chi connectivity index (χ2v) is 7.57. The van der Waals surface area contributed by atoms with Crippen molar-refractivity contribution in [3.63, 3.8) is 0 Å². The van der Waals surface area contributed by atoms with Crippen LogP contribution in [0.2, 0.25) is 0 Å². The van der Waals surface area contributed by atoms with Crippen molar-refractivity contribution in [1.82, 2.24) is 15.2 Å². The third kappa shape index (κ3) is 2.91. The minimum atomic E-state index is 0.0134. The summed E-state index contributed by atoms with van der Waals surface area (Å²) in [6.07, 6.45) is 4.10. The number of hydrogen-bond donors (Lipinski definition) is 2. The van der Waals surface area contributed by atoms with Crippen LogP contribution in [0.3, 0.4) is 0 Å². The lowest BCUT2D eigenvalue weighted by molar-refractivity contribution is 0.0622. The Balaban J connectivity index is 1.49. The number of rotatable bonds is 4. The molecule has 5 nitrogen and oxygen atoms in total. The Bertz CT molecular complexity index is 736. The van der Waals surface area contributed by atoms with Crippen LogP contribution in [0.4, 0.5) is 5.69 Å². The number of nitrogens with one attached hydrogen (secondary N) is 2. The Morgan fingerprint density at radius 2 is 2.08 bits per heavy atom. The normalized spacial score (nSPS) is 25.5. The lowest BCUT2D eigenvalue weighted by Crippen LogP contribution is -2.57. The zero-order valence-electron chi connectivity index (χ0n) is 13.8. The molecule has 0 aliphatic carbocycles. The van der Waals surface area contributed by atoms with E-state index >= 15 is 0 Å². The highest BCUT2D eigenvalue weighted by Crippen LogP contribution is 2.32. The monoisotopic (exact) mass is 342 g/mol. The highest BCUT2D eigenvalue weighted by molar-refractivity contribution is 7.17. The summed E-state index contributed by atoms with van der Waals surface area (Å²) in [4.78, 5) is 20.2. The van der Waals surface area contributed by atoms with E-state index < -0.39 is 0 Å². The van der Waals surface area contributed by atoms with E-state index in [2.05, 4.69) is 20.5 Å². The summed E-state index contributed by atoms with van der Waals surface area (Å²) < 4.78 is 0. The summed E-state index contributed by atoms with van der Waals surface area (Å²) in [5, 5.41) is 7.29. The van der Waals surface area contributed by atoms with Gasteiger partial charge in [-0.25, -0.2) is 4.98 Å². The van der Waals surface area contributed by atoms with Gasteiger partial charge in [-0.2, -0.15) is 0 Å². The Kier molecular flexibility index (Phi) is 4.24. The number of piperidine rings is 3. The molecule has 1 aromatic heterocycles. The zero-order chi connectivity index (χ0) is 16.5. The summed E-state index contributed by atoms with van der Waals surface area (Å²) in [7, 11) is 1.90. The molecule has 1 aromatic carbocycles. The van der Waals surface area contributed by atoms with Gasteiger partial charge in [0, 0.05) is 30.9 Å². The van der Waals surface area contributed by atoms with Crippen molar-refractivity contribution < 1.29 is 4.79 Å². The molecule has 3 saturated heterocycles. The van der Waals surface area contributed by atoms with Crippen molar-refractivity contribution in [3.05, 3.63) is 35.3 Å². The van der Waals surface area contributed by atoms with Crippen LogP contribution in [0.1, 0.15) is 22.5 Å². The zero-order valence-corrected chi connectivity index (χ0v) is 14.6. The van der Waals surface area contributed by atoms with E-state index in [1.807, 2.05) is 31.3 Å². The maximum absolute atomic E-state index is 12.6. The SMILES string of the molecule is CNc1ccccc1-c1ncc(C(=O)NC2CN3CCC2CC3)s1. The first-order chi connectivity index (χ1) is 11.7. The molecule has 6 heteroatoms. The molecule has 4 heterocycles. The van der Waals surface area contributed by atoms with Gasteiger partial charge in [0.1, 0.15) is 9.88 Å². The molecular weight excluding hydrogens is 320 g/mol. The number of carbonyl (C=O) groups excluding carboxylic acids is 1. The molecule has 0 spiro atoms. The predicted molar refractivity (Wildman–Crippen MR) is 97.5 cm³/mol. The molecule has 126 valence electrons. The number of aromatic nitrogens is 1. The molecule has 0 saturated carbocycles. The quantitative estimate of drug-likeness (QED) is 0.897. The molecule has 2 aromatic rings. The van der Waals surface area contributed by atoms with Crippen molar-refractivity contribution in [2.75, 3.05) is 32.0 Å². The molecule has 2 bridgehead atoms. The molecule has 24 heavy (non-hydrogen) atoms. The summed E-state index contributed by atoms with van der Waals surface area (Å²) in [6.45, 7) is 3.36. The van der Waals surface area contributed by atoms with Crippen LogP contribution in [0.25, 0.3) is 10.6 Å². The van der Waals surface area contributed by atoms with Crippen LogP contribution in [-0.4, -0.2) is 48.5 Å². The van der Waals surface area contributed by atoms with Gasteiger partial charge in [0.25, 0.3) is 5.91 Å². The number of nitrogens with zero attached hydrogens (tertiary/aromatic N) is 2. The Morgan fingerprint density at radius 3 is 2.79 bits per heavy atom. The van der Waals surface area contributed by atoms with Gasteiger partial charge in [0.15, 0.2) is 0 Å². The summed E-state index contributed by atoms with van der Waals surface area (Å²) in [5.74, 6) is 0.649. The highest BCUT2D eigenvalue weighted by Gasteiger charge is 2.35. The first kappa shape index (κ1) is 15.6. The minimum Gasteiger partial charge on any atom is -0.388 e. The average Bonchev–Trinajstić information content (AvgIpc) is 3.13. The molecule has 1 unspecified atom stereocenters. The van der Waals surface area contributed by atoms with Crippen LogP contribution in [0.5, 0.6) is 0 Å². The van der Waals surface area contributed by atoms with E-state index in [-0.39, 0.29) is 11.9 Å². The van der Waals surface area contributed by atoms with E-state index in [1.165, 1.54) is 37.3 Å². The number of carbonyl (C=O) groups is 1. The predicted octanol–water partition coefficient (Wildman–Crippen LogP) is 2.68. The van der Waals surface area contributed by atoms with Crippen LogP contribution < -0.4 is 10.6 Å². The molecule has 1 atom stereocenters. The third-order valence-electron chi connectivity index (χ3n) is 5.13. The van der Waals surface area contributed by atoms with E-state index in [0.29, 0.717) is 10.8 Å². The van der Waals surface area contributed by atoms with E-state index in [9.17, 15) is 4.79 Å². The maximum Gasteiger partial charge on any atom is 0.263 e. The Hall–Kier alpha value is -1.92. The summed E-state index contributed by atoms with van der Waals surface area (Å²) >= 11 is 1.46. The highest BCUT2D eigenvalue weighted by atomic mass is 32.1. The number of fused-ring (bicyclic) bond motifs is 3. The fourth-order valence-corrected chi connectivity index (χ4v) is 4.62. The summed E-state index contributed by atoms with van der Waals surface area (Å²) in [6, 6.07) is 8.31. The maximum atomic E-state index is 12.6. The van der Waals surface area contributed by atoms with Gasteiger partial charge in [-0.1, -0.05) is 12.1 Å². The third-order valence-corrected chi connectivity index (χ3v) is 6.16. The van der Waals surface area contributed by atoms with Gasteiger partial charge in [-0.15, -0.1) is 11.3 Å². The topological polar surface area (TPSA) is 57.3 Å². The van der Waals surface area contributed by atoms with Crippen molar-refractivity contribution in [2.24, 2.45) is 5.92 Å². The number of hydrogen-bond acceptors (Lipinski definition) is 5. The minimum absolute atomic E-state index is 0.0134. The molecule has 0 radical (unpaired) electrons. The molecule has 3 fully saturated rings.